The molecule has 1 fully saturated rings. The molecule has 5 nitrogen and oxygen atoms in total. The number of ether oxygens (including phenoxy) is 2. The van der Waals surface area contributed by atoms with Crippen LogP contribution in [0.5, 0.6) is 5.75 Å². The second-order valence-corrected chi connectivity index (χ2v) is 6.47. The highest BCUT2D eigenvalue weighted by molar-refractivity contribution is 5.98. The third-order valence-corrected chi connectivity index (χ3v) is 4.58. The first-order valence-electron chi connectivity index (χ1n) is 8.52. The van der Waals surface area contributed by atoms with Crippen LogP contribution >= 0.6 is 12.4 Å². The van der Waals surface area contributed by atoms with Gasteiger partial charge in [-0.05, 0) is 43.0 Å². The third kappa shape index (κ3) is 4.97. The Morgan fingerprint density at radius 1 is 1.19 bits per heavy atom. The summed E-state index contributed by atoms with van der Waals surface area (Å²) in [6.45, 7) is 3.58. The van der Waals surface area contributed by atoms with Crippen LogP contribution < -0.4 is 15.8 Å². The topological polar surface area (TPSA) is 73.6 Å². The fraction of sp³-hybridized carbons (Fsp3) is 0.350. The van der Waals surface area contributed by atoms with Crippen LogP contribution in [0.15, 0.2) is 48.5 Å². The first-order valence-corrected chi connectivity index (χ1v) is 8.52. The molecule has 2 aromatic rings. The van der Waals surface area contributed by atoms with Gasteiger partial charge in [-0.1, -0.05) is 30.3 Å². The van der Waals surface area contributed by atoms with E-state index in [1.54, 1.807) is 0 Å². The highest BCUT2D eigenvalue weighted by Crippen LogP contribution is 2.23. The molecule has 6 heteroatoms. The van der Waals surface area contributed by atoms with E-state index in [1.165, 1.54) is 5.56 Å². The van der Waals surface area contributed by atoms with Crippen LogP contribution in [-0.2, 0) is 16.1 Å². The molecule has 0 saturated carbocycles. The molecule has 1 saturated heterocycles. The Morgan fingerprint density at radius 3 is 2.65 bits per heavy atom. The number of nitrogens with one attached hydrogen (secondary N) is 1. The minimum Gasteiger partial charge on any atom is -0.489 e. The van der Waals surface area contributed by atoms with Gasteiger partial charge in [0.1, 0.15) is 17.9 Å². The van der Waals surface area contributed by atoms with Gasteiger partial charge in [0.05, 0.1) is 0 Å². The number of anilines is 1. The van der Waals surface area contributed by atoms with E-state index in [2.05, 4.69) is 18.3 Å². The summed E-state index contributed by atoms with van der Waals surface area (Å²) in [5.74, 6) is 0.533. The molecule has 26 heavy (non-hydrogen) atoms. The van der Waals surface area contributed by atoms with Gasteiger partial charge in [-0.2, -0.15) is 0 Å². The van der Waals surface area contributed by atoms with Gasteiger partial charge in [-0.3, -0.25) is 4.79 Å². The number of carbonyl (C=O) groups excluding carboxylic acids is 1. The number of carbonyl (C=O) groups is 1. The fourth-order valence-electron chi connectivity index (χ4n) is 2.82. The van der Waals surface area contributed by atoms with Crippen molar-refractivity contribution in [2.75, 3.05) is 18.5 Å². The molecule has 0 unspecified atom stereocenters. The summed E-state index contributed by atoms with van der Waals surface area (Å²) >= 11 is 0. The molecule has 1 amide bonds. The van der Waals surface area contributed by atoms with Gasteiger partial charge in [0, 0.05) is 25.0 Å². The lowest BCUT2D eigenvalue weighted by atomic mass is 9.90. The zero-order valence-electron chi connectivity index (χ0n) is 14.9. The number of halogens is 1. The molecule has 0 radical (unpaired) electrons. The Hall–Kier alpha value is -2.08. The van der Waals surface area contributed by atoms with Gasteiger partial charge in [0.25, 0.3) is 0 Å². The zero-order valence-corrected chi connectivity index (χ0v) is 15.7. The Kier molecular flexibility index (Phi) is 7.03. The third-order valence-electron chi connectivity index (χ3n) is 4.58. The summed E-state index contributed by atoms with van der Waals surface area (Å²) in [6.07, 6.45) is 1.06. The van der Waals surface area contributed by atoms with Crippen molar-refractivity contribution in [2.45, 2.75) is 31.9 Å². The Morgan fingerprint density at radius 2 is 1.92 bits per heavy atom. The van der Waals surface area contributed by atoms with Crippen LogP contribution in [-0.4, -0.2) is 24.7 Å². The lowest BCUT2D eigenvalue weighted by Gasteiger charge is -2.31. The monoisotopic (exact) mass is 376 g/mol. The Labute approximate surface area is 160 Å². The average molecular weight is 377 g/mol. The number of benzene rings is 2. The van der Waals surface area contributed by atoms with Crippen molar-refractivity contribution in [3.8, 4) is 5.75 Å². The van der Waals surface area contributed by atoms with E-state index in [-0.39, 0.29) is 18.3 Å². The summed E-state index contributed by atoms with van der Waals surface area (Å²) in [5, 5.41) is 2.90. The van der Waals surface area contributed by atoms with Crippen LogP contribution in [0.4, 0.5) is 5.69 Å². The highest BCUT2D eigenvalue weighted by atomic mass is 35.5. The minimum absolute atomic E-state index is 0. The second-order valence-electron chi connectivity index (χ2n) is 6.47. The van der Waals surface area contributed by atoms with Crippen molar-refractivity contribution in [3.05, 3.63) is 59.7 Å². The maximum atomic E-state index is 12.5. The normalized spacial score (nSPS) is 15.6. The number of nitrogens with two attached hydrogens (primary N) is 1. The van der Waals surface area contributed by atoms with E-state index in [4.69, 9.17) is 15.2 Å². The van der Waals surface area contributed by atoms with E-state index < -0.39 is 5.54 Å². The van der Waals surface area contributed by atoms with Gasteiger partial charge < -0.3 is 20.5 Å². The summed E-state index contributed by atoms with van der Waals surface area (Å²) in [6, 6.07) is 15.5. The van der Waals surface area contributed by atoms with E-state index in [0.29, 0.717) is 44.1 Å². The van der Waals surface area contributed by atoms with Gasteiger partial charge >= 0.3 is 0 Å². The van der Waals surface area contributed by atoms with Crippen LogP contribution in [0.1, 0.15) is 24.0 Å². The van der Waals surface area contributed by atoms with Crippen LogP contribution in [0.25, 0.3) is 0 Å². The molecular formula is C20H25ClN2O3. The molecule has 1 aliphatic rings. The first-order chi connectivity index (χ1) is 12.1. The quantitative estimate of drug-likeness (QED) is 0.838. The molecule has 1 heterocycles. The van der Waals surface area contributed by atoms with Crippen LogP contribution in [0.3, 0.4) is 0 Å². The van der Waals surface area contributed by atoms with Gasteiger partial charge in [-0.25, -0.2) is 0 Å². The summed E-state index contributed by atoms with van der Waals surface area (Å²) < 4.78 is 11.2. The summed E-state index contributed by atoms with van der Waals surface area (Å²) in [7, 11) is 0. The Bertz CT molecular complexity index is 745. The molecule has 2 aromatic carbocycles. The molecule has 3 rings (SSSR count). The SMILES string of the molecule is Cc1ccccc1COc1cccc(NC(=O)C2(N)CCOCC2)c1.Cl. The van der Waals surface area contributed by atoms with Crippen molar-refractivity contribution in [2.24, 2.45) is 5.73 Å². The minimum atomic E-state index is -0.865. The van der Waals surface area contributed by atoms with Gasteiger partial charge in [0.15, 0.2) is 0 Å². The van der Waals surface area contributed by atoms with E-state index in [0.717, 1.165) is 5.56 Å². The predicted molar refractivity (Wildman–Crippen MR) is 105 cm³/mol. The second kappa shape index (κ2) is 9.03. The summed E-state index contributed by atoms with van der Waals surface area (Å²) in [5.41, 5.74) is 8.37. The smallest absolute Gasteiger partial charge is 0.244 e. The maximum Gasteiger partial charge on any atom is 0.244 e. The average Bonchev–Trinajstić information content (AvgIpc) is 2.62. The largest absolute Gasteiger partial charge is 0.489 e. The van der Waals surface area contributed by atoms with Crippen molar-refractivity contribution in [3.63, 3.8) is 0 Å². The molecule has 0 aliphatic carbocycles. The lowest BCUT2D eigenvalue weighted by Crippen LogP contribution is -2.54. The van der Waals surface area contributed by atoms with Gasteiger partial charge in [0.2, 0.25) is 5.91 Å². The van der Waals surface area contributed by atoms with Gasteiger partial charge in [-0.15, -0.1) is 12.4 Å². The van der Waals surface area contributed by atoms with Crippen molar-refractivity contribution in [1.29, 1.82) is 0 Å². The highest BCUT2D eigenvalue weighted by Gasteiger charge is 2.35. The zero-order chi connectivity index (χ0) is 17.7. The van der Waals surface area contributed by atoms with E-state index in [1.807, 2.05) is 42.5 Å². The molecular weight excluding hydrogens is 352 g/mol. The molecule has 0 aromatic heterocycles. The number of aryl methyl sites for hydroxylation is 1. The summed E-state index contributed by atoms with van der Waals surface area (Å²) in [4.78, 5) is 12.5. The number of hydrogen-bond donors (Lipinski definition) is 2. The van der Waals surface area contributed by atoms with Crippen molar-refractivity contribution >= 4 is 24.0 Å². The van der Waals surface area contributed by atoms with E-state index in [9.17, 15) is 4.79 Å². The standard InChI is InChI=1S/C20H24N2O3.ClH/c1-15-5-2-3-6-16(15)14-25-18-8-4-7-17(13-18)22-19(23)20(21)9-11-24-12-10-20;/h2-8,13H,9-12,14,21H2,1H3,(H,22,23);1H. The number of hydrogen-bond acceptors (Lipinski definition) is 4. The maximum absolute atomic E-state index is 12.5. The molecule has 0 bridgehead atoms. The van der Waals surface area contributed by atoms with Crippen LogP contribution in [0.2, 0.25) is 0 Å². The molecule has 1 aliphatic heterocycles. The molecule has 3 N–H and O–H groups in total. The number of rotatable bonds is 5. The molecule has 0 atom stereocenters. The van der Waals surface area contributed by atoms with Crippen molar-refractivity contribution < 1.29 is 14.3 Å². The Balaban J connectivity index is 0.00000243. The predicted octanol–water partition coefficient (Wildman–Crippen LogP) is 3.44. The molecule has 140 valence electrons. The molecule has 0 spiro atoms. The first kappa shape index (κ1) is 20.2. The van der Waals surface area contributed by atoms with E-state index >= 15 is 0 Å². The van der Waals surface area contributed by atoms with Crippen LogP contribution in [0, 0.1) is 6.92 Å². The van der Waals surface area contributed by atoms with Crippen molar-refractivity contribution in [1.82, 2.24) is 0 Å². The lowest BCUT2D eigenvalue weighted by molar-refractivity contribution is -0.124. The number of amides is 1. The fourth-order valence-corrected chi connectivity index (χ4v) is 2.82.